The number of rotatable bonds is 2. The summed E-state index contributed by atoms with van der Waals surface area (Å²) in [5, 5.41) is 20.0. The van der Waals surface area contributed by atoms with Gasteiger partial charge in [0.15, 0.2) is 0 Å². The topological polar surface area (TPSA) is 83.7 Å². The lowest BCUT2D eigenvalue weighted by molar-refractivity contribution is -0.384. The van der Waals surface area contributed by atoms with Crippen molar-refractivity contribution in [2.45, 2.75) is 26.3 Å². The van der Waals surface area contributed by atoms with Gasteiger partial charge in [-0.15, -0.1) is 0 Å². The van der Waals surface area contributed by atoms with E-state index in [0.29, 0.717) is 6.07 Å². The third kappa shape index (κ3) is 2.73. The van der Waals surface area contributed by atoms with Crippen molar-refractivity contribution in [1.29, 1.82) is 0 Å². The average molecular weight is 256 g/mol. The Hall–Kier alpha value is -2.18. The van der Waals surface area contributed by atoms with Gasteiger partial charge in [-0.1, -0.05) is 0 Å². The summed E-state index contributed by atoms with van der Waals surface area (Å²) in [5.41, 5.74) is -1.61. The molecule has 18 heavy (non-hydrogen) atoms. The summed E-state index contributed by atoms with van der Waals surface area (Å²) in [6.07, 6.45) is -1.34. The Labute approximate surface area is 103 Å². The predicted molar refractivity (Wildman–Crippen MR) is 63.3 cm³/mol. The number of amides is 1. The molecule has 0 aliphatic carbocycles. The Bertz CT molecular complexity index is 496. The minimum atomic E-state index is -1.34. The van der Waals surface area contributed by atoms with Crippen molar-refractivity contribution in [2.24, 2.45) is 0 Å². The molecular formula is C11H13FN2O4. The second-order valence-electron chi connectivity index (χ2n) is 4.68. The van der Waals surface area contributed by atoms with Crippen LogP contribution in [0.25, 0.3) is 0 Å². The lowest BCUT2D eigenvalue weighted by Crippen LogP contribution is -2.45. The molecule has 1 amide bonds. The van der Waals surface area contributed by atoms with Gasteiger partial charge in [-0.25, -0.2) is 9.18 Å². The number of hydrogen-bond donors (Lipinski definition) is 1. The van der Waals surface area contributed by atoms with E-state index in [1.807, 2.05) is 0 Å². The van der Waals surface area contributed by atoms with Gasteiger partial charge in [0.2, 0.25) is 0 Å². The van der Waals surface area contributed by atoms with Crippen LogP contribution in [0.15, 0.2) is 18.2 Å². The van der Waals surface area contributed by atoms with Crippen LogP contribution in [-0.4, -0.2) is 21.7 Å². The summed E-state index contributed by atoms with van der Waals surface area (Å²) in [6, 6.07) is 2.79. The first-order chi connectivity index (χ1) is 8.14. The van der Waals surface area contributed by atoms with E-state index in [1.165, 1.54) is 0 Å². The van der Waals surface area contributed by atoms with Crippen molar-refractivity contribution in [1.82, 2.24) is 0 Å². The summed E-state index contributed by atoms with van der Waals surface area (Å²) in [7, 11) is 0. The minimum absolute atomic E-state index is 0.151. The zero-order chi connectivity index (χ0) is 14.1. The number of nitrogens with zero attached hydrogens (tertiary/aromatic N) is 2. The maximum atomic E-state index is 13.0. The SMILES string of the molecule is CC(C)(C)N(C(=O)O)c1ccc(F)cc1[N+](=O)[O-]. The van der Waals surface area contributed by atoms with Crippen LogP contribution >= 0.6 is 0 Å². The third-order valence-corrected chi connectivity index (χ3v) is 2.24. The Morgan fingerprint density at radius 2 is 2.00 bits per heavy atom. The Kier molecular flexibility index (Phi) is 3.54. The number of hydrogen-bond acceptors (Lipinski definition) is 3. The van der Waals surface area contributed by atoms with E-state index in [9.17, 15) is 19.3 Å². The minimum Gasteiger partial charge on any atom is -0.465 e. The maximum absolute atomic E-state index is 13.0. The Balaban J connectivity index is 3.47. The number of benzene rings is 1. The van der Waals surface area contributed by atoms with E-state index >= 15 is 0 Å². The standard InChI is InChI=1S/C11H13FN2O4/c1-11(2,3)13(10(15)16)8-5-4-7(12)6-9(8)14(17)18/h4-6H,1-3H3,(H,15,16). The van der Waals surface area contributed by atoms with Crippen molar-refractivity contribution in [3.8, 4) is 0 Å². The second-order valence-corrected chi connectivity index (χ2v) is 4.68. The maximum Gasteiger partial charge on any atom is 0.412 e. The molecule has 1 aromatic rings. The van der Waals surface area contributed by atoms with Crippen LogP contribution in [0.1, 0.15) is 20.8 Å². The summed E-state index contributed by atoms with van der Waals surface area (Å²) < 4.78 is 13.0. The molecule has 0 bridgehead atoms. The first kappa shape index (κ1) is 13.9. The van der Waals surface area contributed by atoms with Crippen LogP contribution in [0.4, 0.5) is 20.6 Å². The van der Waals surface area contributed by atoms with E-state index in [0.717, 1.165) is 17.0 Å². The molecule has 0 radical (unpaired) electrons. The molecule has 7 heteroatoms. The van der Waals surface area contributed by atoms with Crippen molar-refractivity contribution >= 4 is 17.5 Å². The summed E-state index contributed by atoms with van der Waals surface area (Å²) in [4.78, 5) is 22.1. The summed E-state index contributed by atoms with van der Waals surface area (Å²) in [6.45, 7) is 4.77. The number of nitro benzene ring substituents is 1. The van der Waals surface area contributed by atoms with Crippen LogP contribution < -0.4 is 4.90 Å². The first-order valence-corrected chi connectivity index (χ1v) is 5.11. The van der Waals surface area contributed by atoms with Crippen LogP contribution in [-0.2, 0) is 0 Å². The highest BCUT2D eigenvalue weighted by Gasteiger charge is 2.33. The molecule has 0 atom stereocenters. The molecule has 0 saturated carbocycles. The largest absolute Gasteiger partial charge is 0.465 e. The second kappa shape index (κ2) is 4.59. The van der Waals surface area contributed by atoms with Gasteiger partial charge in [0.05, 0.1) is 11.0 Å². The van der Waals surface area contributed by atoms with Gasteiger partial charge in [0.1, 0.15) is 11.5 Å². The van der Waals surface area contributed by atoms with Crippen molar-refractivity contribution in [2.75, 3.05) is 4.90 Å². The number of nitro groups is 1. The lowest BCUT2D eigenvalue weighted by Gasteiger charge is -2.32. The van der Waals surface area contributed by atoms with E-state index in [1.54, 1.807) is 20.8 Å². The molecule has 1 N–H and O–H groups in total. The van der Waals surface area contributed by atoms with Crippen molar-refractivity contribution in [3.05, 3.63) is 34.1 Å². The summed E-state index contributed by atoms with van der Waals surface area (Å²) in [5.74, 6) is -0.787. The number of anilines is 1. The molecule has 0 heterocycles. The quantitative estimate of drug-likeness (QED) is 0.651. The number of carbonyl (C=O) groups is 1. The molecule has 1 rings (SSSR count). The summed E-state index contributed by atoms with van der Waals surface area (Å²) >= 11 is 0. The Morgan fingerprint density at radius 1 is 1.44 bits per heavy atom. The van der Waals surface area contributed by atoms with Crippen LogP contribution in [0.5, 0.6) is 0 Å². The van der Waals surface area contributed by atoms with Crippen LogP contribution in [0.2, 0.25) is 0 Å². The first-order valence-electron chi connectivity index (χ1n) is 5.11. The fourth-order valence-corrected chi connectivity index (χ4v) is 1.58. The van der Waals surface area contributed by atoms with Gasteiger partial charge in [-0.05, 0) is 32.9 Å². The fraction of sp³-hybridized carbons (Fsp3) is 0.364. The molecule has 0 spiro atoms. The van der Waals surface area contributed by atoms with Gasteiger partial charge in [0, 0.05) is 5.54 Å². The molecule has 6 nitrogen and oxygen atoms in total. The van der Waals surface area contributed by atoms with Gasteiger partial charge < -0.3 is 5.11 Å². The third-order valence-electron chi connectivity index (χ3n) is 2.24. The predicted octanol–water partition coefficient (Wildman–Crippen LogP) is 3.02. The lowest BCUT2D eigenvalue weighted by atomic mass is 10.0. The molecule has 0 saturated heterocycles. The fourth-order valence-electron chi connectivity index (χ4n) is 1.58. The van der Waals surface area contributed by atoms with Gasteiger partial charge in [-0.3, -0.25) is 15.0 Å². The molecule has 0 fully saturated rings. The van der Waals surface area contributed by atoms with Gasteiger partial charge in [-0.2, -0.15) is 0 Å². The zero-order valence-corrected chi connectivity index (χ0v) is 10.2. The normalized spacial score (nSPS) is 11.1. The highest BCUT2D eigenvalue weighted by molar-refractivity contribution is 5.90. The van der Waals surface area contributed by atoms with E-state index in [2.05, 4.69) is 0 Å². The van der Waals surface area contributed by atoms with Gasteiger partial charge >= 0.3 is 6.09 Å². The molecule has 0 aromatic heterocycles. The molecule has 0 aliphatic rings. The number of halogens is 1. The van der Waals surface area contributed by atoms with Crippen molar-refractivity contribution in [3.63, 3.8) is 0 Å². The molecule has 98 valence electrons. The number of carboxylic acid groups (broad SMARTS) is 1. The average Bonchev–Trinajstić information content (AvgIpc) is 2.17. The molecule has 0 aliphatic heterocycles. The van der Waals surface area contributed by atoms with E-state index in [4.69, 9.17) is 5.11 Å². The van der Waals surface area contributed by atoms with E-state index < -0.39 is 28.1 Å². The van der Waals surface area contributed by atoms with E-state index in [-0.39, 0.29) is 5.69 Å². The molecule has 0 unspecified atom stereocenters. The van der Waals surface area contributed by atoms with Gasteiger partial charge in [0.25, 0.3) is 5.69 Å². The molecular weight excluding hydrogens is 243 g/mol. The molecule has 1 aromatic carbocycles. The zero-order valence-electron chi connectivity index (χ0n) is 10.2. The van der Waals surface area contributed by atoms with Crippen LogP contribution in [0, 0.1) is 15.9 Å². The highest BCUT2D eigenvalue weighted by Crippen LogP contribution is 2.33. The highest BCUT2D eigenvalue weighted by atomic mass is 19.1. The van der Waals surface area contributed by atoms with Crippen LogP contribution in [0.3, 0.4) is 0 Å². The monoisotopic (exact) mass is 256 g/mol. The Morgan fingerprint density at radius 3 is 2.39 bits per heavy atom. The smallest absolute Gasteiger partial charge is 0.412 e. The van der Waals surface area contributed by atoms with Crippen molar-refractivity contribution < 1.29 is 19.2 Å².